The Balaban J connectivity index is 2.88. The van der Waals surface area contributed by atoms with Crippen LogP contribution >= 0.6 is 27.9 Å². The summed E-state index contributed by atoms with van der Waals surface area (Å²) in [5.41, 5.74) is 5.39. The Kier molecular flexibility index (Phi) is 14.2. The van der Waals surface area contributed by atoms with Gasteiger partial charge in [0.25, 0.3) is 0 Å². The van der Waals surface area contributed by atoms with Crippen molar-refractivity contribution in [3.05, 3.63) is 0 Å². The number of unbranched alkanes of at least 4 members (excludes halogenated alkanes) is 1. The third kappa shape index (κ3) is 14.6. The number of halogens is 2. The quantitative estimate of drug-likeness (QED) is 0.377. The highest BCUT2D eigenvalue weighted by Gasteiger charge is 1.94. The van der Waals surface area contributed by atoms with Crippen molar-refractivity contribution in [1.29, 1.82) is 0 Å². The van der Waals surface area contributed by atoms with Crippen molar-refractivity contribution in [1.82, 2.24) is 14.1 Å². The first-order valence-electron chi connectivity index (χ1n) is 5.98. The Morgan fingerprint density at radius 3 is 1.94 bits per heavy atom. The van der Waals surface area contributed by atoms with Crippen LogP contribution in [0.5, 0.6) is 0 Å². The van der Waals surface area contributed by atoms with E-state index in [9.17, 15) is 0 Å². The van der Waals surface area contributed by atoms with E-state index in [2.05, 4.69) is 26.8 Å². The molecular formula is C10H24BrClN4. The SMILES string of the molecule is NCCCNCCCCNCCCN(Cl)Br. The molecule has 0 aromatic carbocycles. The smallest absolute Gasteiger partial charge is 0.0289 e. The lowest BCUT2D eigenvalue weighted by Crippen LogP contribution is -2.22. The van der Waals surface area contributed by atoms with Crippen LogP contribution in [-0.4, -0.2) is 42.7 Å². The number of rotatable bonds is 12. The highest BCUT2D eigenvalue weighted by atomic mass is 79.9. The molecule has 6 heteroatoms. The summed E-state index contributed by atoms with van der Waals surface area (Å²) in [6.07, 6.45) is 4.56. The molecule has 0 aliphatic carbocycles. The number of nitrogens with two attached hydrogens (primary N) is 1. The largest absolute Gasteiger partial charge is 0.330 e. The van der Waals surface area contributed by atoms with E-state index in [-0.39, 0.29) is 0 Å². The van der Waals surface area contributed by atoms with Gasteiger partial charge in [0, 0.05) is 22.7 Å². The van der Waals surface area contributed by atoms with Gasteiger partial charge in [-0.3, -0.25) is 0 Å². The van der Waals surface area contributed by atoms with Gasteiger partial charge in [-0.15, -0.1) is 0 Å². The van der Waals surface area contributed by atoms with Gasteiger partial charge in [-0.05, 0) is 70.2 Å². The summed E-state index contributed by atoms with van der Waals surface area (Å²) >= 11 is 8.76. The molecule has 0 bridgehead atoms. The van der Waals surface area contributed by atoms with E-state index in [1.54, 1.807) is 0 Å². The standard InChI is InChI=1S/C10H24BrClN4/c11-16(12)10-4-9-15-7-2-1-6-14-8-3-5-13/h14-15H,1-10,13H2. The molecule has 0 aliphatic heterocycles. The normalized spacial score (nSPS) is 11.2. The minimum absolute atomic E-state index is 0.777. The number of hydrogen-bond donors (Lipinski definition) is 3. The second kappa shape index (κ2) is 13.7. The molecule has 98 valence electrons. The van der Waals surface area contributed by atoms with Crippen LogP contribution in [0.4, 0.5) is 0 Å². The molecule has 4 N–H and O–H groups in total. The van der Waals surface area contributed by atoms with Gasteiger partial charge in [0.1, 0.15) is 0 Å². The van der Waals surface area contributed by atoms with Crippen LogP contribution in [-0.2, 0) is 0 Å². The molecule has 0 saturated heterocycles. The van der Waals surface area contributed by atoms with Crippen LogP contribution in [0.2, 0.25) is 0 Å². The molecule has 0 amide bonds. The summed E-state index contributed by atoms with van der Waals surface area (Å²) in [6, 6.07) is 0. The molecule has 0 fully saturated rings. The number of nitrogens with one attached hydrogen (secondary N) is 2. The van der Waals surface area contributed by atoms with E-state index in [1.807, 2.05) is 0 Å². The molecule has 0 aromatic rings. The van der Waals surface area contributed by atoms with Crippen molar-refractivity contribution in [3.63, 3.8) is 0 Å². The molecule has 16 heavy (non-hydrogen) atoms. The molecule has 0 spiro atoms. The zero-order chi connectivity index (χ0) is 12.1. The lowest BCUT2D eigenvalue weighted by molar-refractivity contribution is 0.557. The van der Waals surface area contributed by atoms with Crippen molar-refractivity contribution >= 4 is 27.9 Å². The average Bonchev–Trinajstić information content (AvgIpc) is 2.25. The van der Waals surface area contributed by atoms with Gasteiger partial charge in [0.05, 0.1) is 0 Å². The predicted molar refractivity (Wildman–Crippen MR) is 74.7 cm³/mol. The van der Waals surface area contributed by atoms with Gasteiger partial charge in [-0.2, -0.15) is 3.45 Å². The first-order valence-corrected chi connectivity index (χ1v) is 7.02. The van der Waals surface area contributed by atoms with Crippen LogP contribution in [0.15, 0.2) is 0 Å². The van der Waals surface area contributed by atoms with Crippen molar-refractivity contribution < 1.29 is 0 Å². The molecule has 4 nitrogen and oxygen atoms in total. The van der Waals surface area contributed by atoms with E-state index in [4.69, 9.17) is 17.5 Å². The zero-order valence-electron chi connectivity index (χ0n) is 9.85. The van der Waals surface area contributed by atoms with Crippen LogP contribution in [0.1, 0.15) is 25.7 Å². The number of hydrogen-bond acceptors (Lipinski definition) is 4. The van der Waals surface area contributed by atoms with Crippen molar-refractivity contribution in [2.24, 2.45) is 5.73 Å². The average molecular weight is 316 g/mol. The predicted octanol–water partition coefficient (Wildman–Crippen LogP) is 1.45. The fourth-order valence-corrected chi connectivity index (χ4v) is 1.67. The lowest BCUT2D eigenvalue weighted by atomic mass is 10.3. The van der Waals surface area contributed by atoms with E-state index < -0.39 is 0 Å². The van der Waals surface area contributed by atoms with Crippen molar-refractivity contribution in [2.45, 2.75) is 25.7 Å². The Labute approximate surface area is 113 Å². The third-order valence-corrected chi connectivity index (χ3v) is 2.72. The van der Waals surface area contributed by atoms with Gasteiger partial charge in [0.2, 0.25) is 0 Å². The van der Waals surface area contributed by atoms with Crippen molar-refractivity contribution in [2.75, 3.05) is 39.3 Å². The molecule has 0 saturated carbocycles. The van der Waals surface area contributed by atoms with Crippen LogP contribution in [0.3, 0.4) is 0 Å². The zero-order valence-corrected chi connectivity index (χ0v) is 12.2. The fraction of sp³-hybridized carbons (Fsp3) is 1.00. The van der Waals surface area contributed by atoms with E-state index in [0.29, 0.717) is 0 Å². The van der Waals surface area contributed by atoms with E-state index in [1.165, 1.54) is 16.3 Å². The highest BCUT2D eigenvalue weighted by molar-refractivity contribution is 9.08. The Morgan fingerprint density at radius 2 is 1.44 bits per heavy atom. The van der Waals surface area contributed by atoms with Crippen LogP contribution < -0.4 is 16.4 Å². The molecule has 0 radical (unpaired) electrons. The first-order chi connectivity index (χ1) is 7.77. The van der Waals surface area contributed by atoms with Gasteiger partial charge >= 0.3 is 0 Å². The van der Waals surface area contributed by atoms with Crippen LogP contribution in [0.25, 0.3) is 0 Å². The molecule has 0 heterocycles. The molecule has 0 aliphatic rings. The van der Waals surface area contributed by atoms with Crippen molar-refractivity contribution in [3.8, 4) is 0 Å². The molecule has 0 atom stereocenters. The van der Waals surface area contributed by atoms with Crippen LogP contribution in [0, 0.1) is 0 Å². The van der Waals surface area contributed by atoms with Gasteiger partial charge < -0.3 is 16.4 Å². The first kappa shape index (κ1) is 16.6. The second-order valence-electron chi connectivity index (χ2n) is 3.73. The second-order valence-corrected chi connectivity index (χ2v) is 5.40. The van der Waals surface area contributed by atoms with E-state index >= 15 is 0 Å². The summed E-state index contributed by atoms with van der Waals surface area (Å²) in [6.45, 7) is 5.88. The summed E-state index contributed by atoms with van der Waals surface area (Å²) in [5.74, 6) is 0. The molecular weight excluding hydrogens is 291 g/mol. The molecule has 0 aromatic heterocycles. The minimum Gasteiger partial charge on any atom is -0.330 e. The highest BCUT2D eigenvalue weighted by Crippen LogP contribution is 2.01. The summed E-state index contributed by atoms with van der Waals surface area (Å²) in [7, 11) is 0. The van der Waals surface area contributed by atoms with Gasteiger partial charge in [-0.25, -0.2) is 0 Å². The fourth-order valence-electron chi connectivity index (χ4n) is 1.30. The monoisotopic (exact) mass is 314 g/mol. The Morgan fingerprint density at radius 1 is 0.938 bits per heavy atom. The minimum atomic E-state index is 0.777. The summed E-state index contributed by atoms with van der Waals surface area (Å²) < 4.78 is 1.51. The number of nitrogens with zero attached hydrogens (tertiary/aromatic N) is 1. The summed E-state index contributed by atoms with van der Waals surface area (Å²) in [5, 5.41) is 6.75. The molecule has 0 rings (SSSR count). The maximum Gasteiger partial charge on any atom is 0.0289 e. The summed E-state index contributed by atoms with van der Waals surface area (Å²) in [4.78, 5) is 0. The van der Waals surface area contributed by atoms with Gasteiger partial charge in [0.15, 0.2) is 0 Å². The maximum absolute atomic E-state index is 5.61. The van der Waals surface area contributed by atoms with Gasteiger partial charge in [-0.1, -0.05) is 0 Å². The lowest BCUT2D eigenvalue weighted by Gasteiger charge is -2.06. The third-order valence-electron chi connectivity index (χ3n) is 2.20. The Hall–Kier alpha value is 0.610. The molecule has 0 unspecified atom stereocenters. The van der Waals surface area contributed by atoms with E-state index in [0.717, 1.165) is 52.1 Å². The Bertz CT molecular complexity index is 138. The maximum atomic E-state index is 5.61. The topological polar surface area (TPSA) is 53.3 Å².